The first kappa shape index (κ1) is 32.4. The van der Waals surface area contributed by atoms with Gasteiger partial charge in [0.15, 0.2) is 11.5 Å². The van der Waals surface area contributed by atoms with Crippen LogP contribution in [0.4, 0.5) is 4.79 Å². The number of amides is 4. The summed E-state index contributed by atoms with van der Waals surface area (Å²) in [5.41, 5.74) is 3.51. The largest absolute Gasteiger partial charge is 0.508 e. The molecule has 2 aliphatic heterocycles. The lowest BCUT2D eigenvalue weighted by Crippen LogP contribution is -2.76. The number of urea groups is 1. The van der Waals surface area contributed by atoms with E-state index in [9.17, 15) is 19.5 Å². The van der Waals surface area contributed by atoms with E-state index in [4.69, 9.17) is 9.47 Å². The third-order valence-corrected chi connectivity index (χ3v) is 8.49. The van der Waals surface area contributed by atoms with E-state index in [1.807, 2.05) is 49.4 Å². The van der Waals surface area contributed by atoms with Crippen molar-refractivity contribution in [1.29, 1.82) is 0 Å². The Morgan fingerprint density at radius 1 is 1.02 bits per heavy atom. The van der Waals surface area contributed by atoms with Gasteiger partial charge in [0.2, 0.25) is 11.8 Å². The van der Waals surface area contributed by atoms with Crippen LogP contribution in [0.2, 0.25) is 0 Å². The van der Waals surface area contributed by atoms with Crippen molar-refractivity contribution in [2.45, 2.75) is 45.1 Å². The number of carbonyl (C=O) groups excluding carboxylic acids is 3. The molecule has 2 heterocycles. The third kappa shape index (κ3) is 6.64. The second-order valence-electron chi connectivity index (χ2n) is 11.3. The van der Waals surface area contributed by atoms with Gasteiger partial charge < -0.3 is 29.7 Å². The number of fused-ring (bicyclic) bond motifs is 1. The SMILES string of the molecule is C=CCN1CC(=O)N2[C@@H](Cc3ccc(O)cc3)C(=O)N(Cc3ccc(OC)c(OC)c3CC)C[C@@H]2N1C(=O)NCc1ccccc1. The van der Waals surface area contributed by atoms with Crippen LogP contribution in [-0.2, 0) is 35.5 Å². The number of benzene rings is 3. The third-order valence-electron chi connectivity index (χ3n) is 8.49. The highest BCUT2D eigenvalue weighted by atomic mass is 16.5. The number of phenols is 1. The van der Waals surface area contributed by atoms with E-state index < -0.39 is 12.2 Å². The highest BCUT2D eigenvalue weighted by Gasteiger charge is 2.51. The van der Waals surface area contributed by atoms with E-state index >= 15 is 0 Å². The molecule has 2 N–H and O–H groups in total. The van der Waals surface area contributed by atoms with Gasteiger partial charge in [-0.1, -0.05) is 61.5 Å². The van der Waals surface area contributed by atoms with Crippen LogP contribution >= 0.6 is 0 Å². The summed E-state index contributed by atoms with van der Waals surface area (Å²) in [6, 6.07) is 18.7. The average Bonchev–Trinajstić information content (AvgIpc) is 3.06. The van der Waals surface area contributed by atoms with Gasteiger partial charge in [0.25, 0.3) is 0 Å². The first-order valence-electron chi connectivity index (χ1n) is 15.4. The summed E-state index contributed by atoms with van der Waals surface area (Å²) < 4.78 is 11.2. The molecule has 11 heteroatoms. The second kappa shape index (κ2) is 14.4. The maximum atomic E-state index is 14.4. The standard InChI is InChI=1S/C35H41N5O6/c1-5-18-38-23-32(42)39-29(19-24-12-15-27(41)16-13-24)34(43)37(21-26-14-17-30(45-3)33(46-4)28(26)6-2)22-31(39)40(38)35(44)36-20-25-10-8-7-9-11-25/h5,7-17,29,31,41H,1,6,18-23H2,2-4H3,(H,36,44)/t29-,31-/m0/s1. The van der Waals surface area contributed by atoms with Crippen LogP contribution in [0.1, 0.15) is 29.2 Å². The Morgan fingerprint density at radius 2 is 1.76 bits per heavy atom. The molecule has 0 radical (unpaired) electrons. The molecule has 5 rings (SSSR count). The van der Waals surface area contributed by atoms with Crippen LogP contribution in [0, 0.1) is 0 Å². The number of hydrogen-bond donors (Lipinski definition) is 2. The molecule has 0 spiro atoms. The van der Waals surface area contributed by atoms with Crippen LogP contribution in [0.15, 0.2) is 79.4 Å². The van der Waals surface area contributed by atoms with Gasteiger partial charge in [-0.2, -0.15) is 0 Å². The molecular formula is C35H41N5O6. The Bertz CT molecular complexity index is 1560. The molecule has 0 aromatic heterocycles. The zero-order valence-corrected chi connectivity index (χ0v) is 26.5. The molecule has 0 saturated carbocycles. The minimum atomic E-state index is -0.878. The average molecular weight is 628 g/mol. The van der Waals surface area contributed by atoms with E-state index in [-0.39, 0.29) is 56.2 Å². The normalized spacial score (nSPS) is 18.3. The number of nitrogens with one attached hydrogen (secondary N) is 1. The van der Waals surface area contributed by atoms with Crippen LogP contribution in [-0.4, -0.2) is 88.8 Å². The molecule has 11 nitrogen and oxygen atoms in total. The summed E-state index contributed by atoms with van der Waals surface area (Å²) in [4.78, 5) is 45.4. The molecule has 0 bridgehead atoms. The van der Waals surface area contributed by atoms with Gasteiger partial charge in [0, 0.05) is 31.6 Å². The number of hydrogen-bond acceptors (Lipinski definition) is 7. The van der Waals surface area contributed by atoms with Crippen LogP contribution in [0.3, 0.4) is 0 Å². The number of aromatic hydroxyl groups is 1. The summed E-state index contributed by atoms with van der Waals surface area (Å²) in [5, 5.41) is 16.1. The van der Waals surface area contributed by atoms with Crippen molar-refractivity contribution in [3.05, 3.63) is 102 Å². The van der Waals surface area contributed by atoms with Crippen LogP contribution in [0.25, 0.3) is 0 Å². The number of carbonyl (C=O) groups is 3. The van der Waals surface area contributed by atoms with E-state index in [1.54, 1.807) is 64.4 Å². The first-order valence-corrected chi connectivity index (χ1v) is 15.4. The molecule has 46 heavy (non-hydrogen) atoms. The van der Waals surface area contributed by atoms with E-state index in [1.165, 1.54) is 0 Å². The van der Waals surface area contributed by atoms with Gasteiger partial charge in [-0.25, -0.2) is 14.8 Å². The summed E-state index contributed by atoms with van der Waals surface area (Å²) in [7, 11) is 3.17. The lowest BCUT2D eigenvalue weighted by molar-refractivity contribution is -0.189. The Hall–Kier alpha value is -5.03. The van der Waals surface area contributed by atoms with E-state index in [0.717, 1.165) is 22.3 Å². The van der Waals surface area contributed by atoms with E-state index in [0.29, 0.717) is 24.5 Å². The molecule has 242 valence electrons. The Labute approximate surface area is 269 Å². The van der Waals surface area contributed by atoms with Crippen molar-refractivity contribution >= 4 is 17.8 Å². The lowest BCUT2D eigenvalue weighted by atomic mass is 9.97. The quantitative estimate of drug-likeness (QED) is 0.312. The van der Waals surface area contributed by atoms with Crippen molar-refractivity contribution in [2.75, 3.05) is 33.9 Å². The van der Waals surface area contributed by atoms with E-state index in [2.05, 4.69) is 11.9 Å². The fraction of sp³-hybridized carbons (Fsp3) is 0.343. The van der Waals surface area contributed by atoms with Gasteiger partial charge in [-0.3, -0.25) is 9.59 Å². The number of phenolic OH excluding ortho intramolecular Hbond substituents is 1. The summed E-state index contributed by atoms with van der Waals surface area (Å²) in [6.45, 7) is 6.68. The minimum Gasteiger partial charge on any atom is -0.508 e. The predicted octanol–water partition coefficient (Wildman–Crippen LogP) is 3.71. The predicted molar refractivity (Wildman–Crippen MR) is 173 cm³/mol. The van der Waals surface area contributed by atoms with Crippen molar-refractivity contribution < 1.29 is 29.0 Å². The van der Waals surface area contributed by atoms with Crippen molar-refractivity contribution in [2.24, 2.45) is 0 Å². The second-order valence-corrected chi connectivity index (χ2v) is 11.3. The molecule has 2 atom stereocenters. The van der Waals surface area contributed by atoms with Gasteiger partial charge in [-0.15, -0.1) is 6.58 Å². The number of nitrogens with zero attached hydrogens (tertiary/aromatic N) is 4. The lowest BCUT2D eigenvalue weighted by Gasteiger charge is -2.55. The number of ether oxygens (including phenoxy) is 2. The monoisotopic (exact) mass is 627 g/mol. The molecule has 2 saturated heterocycles. The Balaban J connectivity index is 1.54. The van der Waals surface area contributed by atoms with Crippen molar-refractivity contribution in [3.8, 4) is 17.2 Å². The number of hydrazine groups is 1. The fourth-order valence-corrected chi connectivity index (χ4v) is 6.33. The van der Waals surface area contributed by atoms with Gasteiger partial charge in [-0.05, 0) is 41.3 Å². The molecule has 4 amide bonds. The molecular weight excluding hydrogens is 586 g/mol. The summed E-state index contributed by atoms with van der Waals surface area (Å²) >= 11 is 0. The molecule has 3 aromatic carbocycles. The highest BCUT2D eigenvalue weighted by molar-refractivity contribution is 5.91. The molecule has 3 aromatic rings. The minimum absolute atomic E-state index is 0.0870. The fourth-order valence-electron chi connectivity index (χ4n) is 6.33. The van der Waals surface area contributed by atoms with Crippen molar-refractivity contribution in [1.82, 2.24) is 25.1 Å². The maximum absolute atomic E-state index is 14.4. The smallest absolute Gasteiger partial charge is 0.334 e. The summed E-state index contributed by atoms with van der Waals surface area (Å²) in [6.07, 6.45) is 1.73. The topological polar surface area (TPSA) is 115 Å². The van der Waals surface area contributed by atoms with Gasteiger partial charge in [0.05, 0.1) is 27.3 Å². The van der Waals surface area contributed by atoms with Crippen molar-refractivity contribution in [3.63, 3.8) is 0 Å². The number of methoxy groups -OCH3 is 2. The van der Waals surface area contributed by atoms with Gasteiger partial charge >= 0.3 is 6.03 Å². The molecule has 2 aliphatic rings. The van der Waals surface area contributed by atoms with Crippen LogP contribution < -0.4 is 14.8 Å². The summed E-state index contributed by atoms with van der Waals surface area (Å²) in [5.74, 6) is 0.839. The Morgan fingerprint density at radius 3 is 2.41 bits per heavy atom. The molecule has 0 unspecified atom stereocenters. The molecule has 0 aliphatic carbocycles. The van der Waals surface area contributed by atoms with Gasteiger partial charge in [0.1, 0.15) is 18.0 Å². The maximum Gasteiger partial charge on any atom is 0.334 e. The zero-order valence-electron chi connectivity index (χ0n) is 26.5. The Kier molecular flexibility index (Phi) is 10.1. The zero-order chi connectivity index (χ0) is 32.8. The van der Waals surface area contributed by atoms with Crippen LogP contribution in [0.5, 0.6) is 17.2 Å². The first-order chi connectivity index (χ1) is 22.3. The highest BCUT2D eigenvalue weighted by Crippen LogP contribution is 2.36. The number of rotatable bonds is 11. The number of piperazine rings is 1. The molecule has 2 fully saturated rings.